The third kappa shape index (κ3) is 2.94. The summed E-state index contributed by atoms with van der Waals surface area (Å²) in [4.78, 5) is 14.7. The molecule has 0 amide bonds. The van der Waals surface area contributed by atoms with Crippen molar-refractivity contribution in [1.82, 2.24) is 14.8 Å². The highest BCUT2D eigenvalue weighted by atomic mass is 16.4. The number of pyridine rings is 1. The Morgan fingerprint density at radius 2 is 2.17 bits per heavy atom. The third-order valence-electron chi connectivity index (χ3n) is 2.58. The lowest BCUT2D eigenvalue weighted by atomic mass is 10.1. The number of hydrogen-bond acceptors (Lipinski definition) is 3. The van der Waals surface area contributed by atoms with Crippen LogP contribution in [0.1, 0.15) is 19.0 Å². The minimum atomic E-state index is -0.869. The zero-order valence-corrected chi connectivity index (χ0v) is 10.2. The van der Waals surface area contributed by atoms with Crippen molar-refractivity contribution in [3.63, 3.8) is 0 Å². The second-order valence-electron chi connectivity index (χ2n) is 4.10. The Kier molecular flexibility index (Phi) is 3.72. The maximum Gasteiger partial charge on any atom is 0.309 e. The Morgan fingerprint density at radius 1 is 1.33 bits per heavy atom. The van der Waals surface area contributed by atoms with E-state index in [-0.39, 0.29) is 6.42 Å². The highest BCUT2D eigenvalue weighted by Crippen LogP contribution is 2.17. The lowest BCUT2D eigenvalue weighted by Crippen LogP contribution is -2.01. The molecule has 1 N–H and O–H groups in total. The van der Waals surface area contributed by atoms with Gasteiger partial charge in [-0.15, -0.1) is 0 Å². The van der Waals surface area contributed by atoms with Crippen molar-refractivity contribution in [2.75, 3.05) is 0 Å². The fraction of sp³-hybridized carbons (Fsp3) is 0.308. The van der Waals surface area contributed by atoms with E-state index in [4.69, 9.17) is 5.11 Å². The zero-order valence-electron chi connectivity index (χ0n) is 10.2. The molecule has 18 heavy (non-hydrogen) atoms. The Morgan fingerprint density at radius 3 is 2.78 bits per heavy atom. The third-order valence-corrected chi connectivity index (χ3v) is 2.58. The molecule has 2 aromatic heterocycles. The molecule has 0 aromatic carbocycles. The van der Waals surface area contributed by atoms with Crippen molar-refractivity contribution >= 4 is 5.97 Å². The van der Waals surface area contributed by atoms with E-state index in [1.165, 1.54) is 0 Å². The summed E-state index contributed by atoms with van der Waals surface area (Å²) in [6.07, 6.45) is 6.44. The summed E-state index contributed by atoms with van der Waals surface area (Å²) >= 11 is 0. The number of carboxylic acid groups (broad SMARTS) is 1. The second-order valence-corrected chi connectivity index (χ2v) is 4.10. The van der Waals surface area contributed by atoms with Crippen molar-refractivity contribution in [1.29, 1.82) is 0 Å². The standard InChI is InChI=1S/C13H15N3O2/c1-2-5-16-9-11(8-15-16)10-3-4-12(14-7-10)6-13(17)18/h3-4,7-9H,2,5-6H2,1H3,(H,17,18). The number of hydrogen-bond donors (Lipinski definition) is 1. The molecule has 0 saturated carbocycles. The molecule has 0 aliphatic carbocycles. The average Bonchev–Trinajstić information content (AvgIpc) is 2.78. The summed E-state index contributed by atoms with van der Waals surface area (Å²) in [5.74, 6) is -0.869. The molecular formula is C13H15N3O2. The lowest BCUT2D eigenvalue weighted by molar-refractivity contribution is -0.136. The van der Waals surface area contributed by atoms with Crippen LogP contribution in [-0.4, -0.2) is 25.8 Å². The minimum absolute atomic E-state index is 0.0463. The van der Waals surface area contributed by atoms with E-state index >= 15 is 0 Å². The molecule has 94 valence electrons. The van der Waals surface area contributed by atoms with Crippen LogP contribution in [0.3, 0.4) is 0 Å². The first-order chi connectivity index (χ1) is 8.69. The molecule has 0 fully saturated rings. The van der Waals surface area contributed by atoms with Crippen molar-refractivity contribution in [3.05, 3.63) is 36.4 Å². The number of rotatable bonds is 5. The zero-order chi connectivity index (χ0) is 13.0. The average molecular weight is 245 g/mol. The van der Waals surface area contributed by atoms with Gasteiger partial charge >= 0.3 is 5.97 Å². The molecular weight excluding hydrogens is 230 g/mol. The Labute approximate surface area is 105 Å². The highest BCUT2D eigenvalue weighted by Gasteiger charge is 2.04. The Bertz CT molecular complexity index is 531. The maximum atomic E-state index is 10.5. The fourth-order valence-corrected chi connectivity index (χ4v) is 1.72. The summed E-state index contributed by atoms with van der Waals surface area (Å²) in [5, 5.41) is 12.9. The van der Waals surface area contributed by atoms with Gasteiger partial charge in [0.05, 0.1) is 18.3 Å². The summed E-state index contributed by atoms with van der Waals surface area (Å²) in [7, 11) is 0. The van der Waals surface area contributed by atoms with E-state index in [1.807, 2.05) is 16.9 Å². The summed E-state index contributed by atoms with van der Waals surface area (Å²) in [5.41, 5.74) is 2.51. The molecule has 0 saturated heterocycles. The molecule has 2 rings (SSSR count). The number of aryl methyl sites for hydroxylation is 1. The van der Waals surface area contributed by atoms with Gasteiger partial charge in [-0.3, -0.25) is 14.5 Å². The van der Waals surface area contributed by atoms with Crippen LogP contribution in [0.2, 0.25) is 0 Å². The highest BCUT2D eigenvalue weighted by molar-refractivity contribution is 5.70. The van der Waals surface area contributed by atoms with E-state index < -0.39 is 5.97 Å². The predicted octanol–water partition coefficient (Wildman–Crippen LogP) is 1.98. The normalized spacial score (nSPS) is 10.5. The van der Waals surface area contributed by atoms with Gasteiger partial charge in [0.2, 0.25) is 0 Å². The van der Waals surface area contributed by atoms with Crippen molar-refractivity contribution in [2.45, 2.75) is 26.3 Å². The van der Waals surface area contributed by atoms with Gasteiger partial charge in [0, 0.05) is 30.1 Å². The predicted molar refractivity (Wildman–Crippen MR) is 67.1 cm³/mol. The molecule has 0 aliphatic rings. The summed E-state index contributed by atoms with van der Waals surface area (Å²) in [6, 6.07) is 3.61. The molecule has 0 radical (unpaired) electrons. The van der Waals surface area contributed by atoms with Crippen molar-refractivity contribution in [3.8, 4) is 11.1 Å². The van der Waals surface area contributed by atoms with Crippen LogP contribution in [0.15, 0.2) is 30.7 Å². The molecule has 2 heterocycles. The minimum Gasteiger partial charge on any atom is -0.481 e. The van der Waals surface area contributed by atoms with Crippen molar-refractivity contribution in [2.24, 2.45) is 0 Å². The maximum absolute atomic E-state index is 10.5. The van der Waals surface area contributed by atoms with E-state index in [9.17, 15) is 4.79 Å². The first-order valence-corrected chi connectivity index (χ1v) is 5.88. The molecule has 0 atom stereocenters. The monoisotopic (exact) mass is 245 g/mol. The molecule has 0 unspecified atom stereocenters. The number of nitrogens with zero attached hydrogens (tertiary/aromatic N) is 3. The SMILES string of the molecule is CCCn1cc(-c2ccc(CC(=O)O)nc2)cn1. The van der Waals surface area contributed by atoms with Crippen LogP contribution in [-0.2, 0) is 17.8 Å². The largest absolute Gasteiger partial charge is 0.481 e. The smallest absolute Gasteiger partial charge is 0.309 e. The number of aromatic nitrogens is 3. The fourth-order valence-electron chi connectivity index (χ4n) is 1.72. The first-order valence-electron chi connectivity index (χ1n) is 5.88. The summed E-state index contributed by atoms with van der Waals surface area (Å²) in [6.45, 7) is 2.99. The molecule has 5 nitrogen and oxygen atoms in total. The van der Waals surface area contributed by atoms with Crippen LogP contribution in [0.4, 0.5) is 0 Å². The lowest BCUT2D eigenvalue weighted by Gasteiger charge is -1.99. The van der Waals surface area contributed by atoms with Crippen molar-refractivity contribution < 1.29 is 9.90 Å². The van der Waals surface area contributed by atoms with Crippen LogP contribution in [0, 0.1) is 0 Å². The number of aliphatic carboxylic acids is 1. The molecule has 2 aromatic rings. The first kappa shape index (κ1) is 12.3. The molecule has 0 spiro atoms. The van der Waals surface area contributed by atoms with Gasteiger partial charge in [-0.25, -0.2) is 0 Å². The number of carboxylic acids is 1. The van der Waals surface area contributed by atoms with Gasteiger partial charge in [0.1, 0.15) is 0 Å². The second kappa shape index (κ2) is 5.44. The topological polar surface area (TPSA) is 68.0 Å². The van der Waals surface area contributed by atoms with Crippen LogP contribution >= 0.6 is 0 Å². The van der Waals surface area contributed by atoms with E-state index in [0.29, 0.717) is 5.69 Å². The molecule has 0 bridgehead atoms. The Hall–Kier alpha value is -2.17. The van der Waals surface area contributed by atoms with E-state index in [2.05, 4.69) is 17.0 Å². The molecule has 0 aliphatic heterocycles. The van der Waals surface area contributed by atoms with Crippen LogP contribution in [0.5, 0.6) is 0 Å². The van der Waals surface area contributed by atoms with Gasteiger partial charge in [0.25, 0.3) is 0 Å². The summed E-state index contributed by atoms with van der Waals surface area (Å²) < 4.78 is 1.89. The van der Waals surface area contributed by atoms with E-state index in [1.54, 1.807) is 18.5 Å². The van der Waals surface area contributed by atoms with E-state index in [0.717, 1.165) is 24.1 Å². The van der Waals surface area contributed by atoms with Gasteiger partial charge in [0.15, 0.2) is 0 Å². The van der Waals surface area contributed by atoms with Gasteiger partial charge in [-0.2, -0.15) is 5.10 Å². The molecule has 5 heteroatoms. The van der Waals surface area contributed by atoms with Gasteiger partial charge in [-0.05, 0) is 12.5 Å². The van der Waals surface area contributed by atoms with Crippen LogP contribution in [0.25, 0.3) is 11.1 Å². The Balaban J connectivity index is 2.15. The van der Waals surface area contributed by atoms with Gasteiger partial charge in [-0.1, -0.05) is 13.0 Å². The van der Waals surface area contributed by atoms with Gasteiger partial charge < -0.3 is 5.11 Å². The number of carbonyl (C=O) groups is 1. The van der Waals surface area contributed by atoms with Crippen LogP contribution < -0.4 is 0 Å². The quantitative estimate of drug-likeness (QED) is 0.874.